The Hall–Kier alpha value is -3.17. The standard InChI is InChI=1S/C30H45N5O5/c1-28(2,3)23(34-27(39)40-29(4,5)6)26(38)35-15-19-20(30(19,7)8)22(35)25(37)33-21(24(31)36)17-11-9-10-16-12-13-32-14-18(16)17/h12-14,17,19-23H,9-11,15H2,1-8H3,(H2,31,36)(H,33,37)(H,34,39)/t17?,19-,20-,21?,22-,23?/m0/s1. The number of fused-ring (bicyclic) bond motifs is 2. The van der Waals surface area contributed by atoms with Crippen molar-refractivity contribution >= 4 is 23.8 Å². The smallest absolute Gasteiger partial charge is 0.408 e. The van der Waals surface area contributed by atoms with Gasteiger partial charge in [0, 0.05) is 24.9 Å². The number of carbonyl (C=O) groups is 4. The van der Waals surface area contributed by atoms with Crippen molar-refractivity contribution in [2.45, 2.75) is 104 Å². The minimum absolute atomic E-state index is 0.0626. The van der Waals surface area contributed by atoms with Gasteiger partial charge in [0.05, 0.1) is 0 Å². The molecule has 4 amide bonds. The van der Waals surface area contributed by atoms with Crippen molar-refractivity contribution in [3.8, 4) is 0 Å². The minimum atomic E-state index is -0.924. The van der Waals surface area contributed by atoms with Gasteiger partial charge in [-0.2, -0.15) is 0 Å². The summed E-state index contributed by atoms with van der Waals surface area (Å²) in [6.45, 7) is 15.4. The molecule has 1 aromatic heterocycles. The predicted octanol–water partition coefficient (Wildman–Crippen LogP) is 2.89. The van der Waals surface area contributed by atoms with Crippen LogP contribution in [-0.2, 0) is 25.5 Å². The predicted molar refractivity (Wildman–Crippen MR) is 150 cm³/mol. The van der Waals surface area contributed by atoms with Crippen LogP contribution < -0.4 is 16.4 Å². The van der Waals surface area contributed by atoms with Gasteiger partial charge >= 0.3 is 6.09 Å². The number of pyridine rings is 1. The molecule has 2 aliphatic carbocycles. The SMILES string of the molecule is CC(C)(C)OC(=O)NC(C(=O)N1C[C@H]2[C@@H]([C@H]1C(=O)NC(C(N)=O)C1CCCc3ccncc31)C2(C)C)C(C)(C)C. The van der Waals surface area contributed by atoms with Gasteiger partial charge in [0.15, 0.2) is 0 Å². The lowest BCUT2D eigenvalue weighted by Crippen LogP contribution is -2.61. The monoisotopic (exact) mass is 555 g/mol. The molecule has 2 heterocycles. The molecule has 1 saturated heterocycles. The van der Waals surface area contributed by atoms with Crippen LogP contribution in [-0.4, -0.2) is 64.0 Å². The Morgan fingerprint density at radius 1 is 1.12 bits per heavy atom. The Kier molecular flexibility index (Phi) is 7.71. The fraction of sp³-hybridized carbons (Fsp3) is 0.700. The molecule has 0 radical (unpaired) electrons. The number of aromatic nitrogens is 1. The molecule has 3 unspecified atom stereocenters. The number of rotatable bonds is 6. The van der Waals surface area contributed by atoms with Crippen LogP contribution in [0.4, 0.5) is 4.79 Å². The van der Waals surface area contributed by atoms with Crippen molar-refractivity contribution in [2.24, 2.45) is 28.4 Å². The second kappa shape index (κ2) is 10.3. The number of amides is 4. The number of nitrogens with one attached hydrogen (secondary N) is 2. The first-order valence-corrected chi connectivity index (χ1v) is 14.3. The van der Waals surface area contributed by atoms with E-state index in [1.165, 1.54) is 0 Å². The molecule has 1 aliphatic heterocycles. The zero-order chi connectivity index (χ0) is 29.8. The highest BCUT2D eigenvalue weighted by atomic mass is 16.6. The maximum atomic E-state index is 14.0. The molecule has 10 nitrogen and oxygen atoms in total. The van der Waals surface area contributed by atoms with Crippen LogP contribution in [0, 0.1) is 22.7 Å². The number of nitrogens with two attached hydrogens (primary N) is 1. The first-order chi connectivity index (χ1) is 18.4. The number of hydrogen-bond donors (Lipinski definition) is 3. The molecular formula is C30H45N5O5. The zero-order valence-electron chi connectivity index (χ0n) is 25.0. The van der Waals surface area contributed by atoms with Crippen molar-refractivity contribution in [1.82, 2.24) is 20.5 Å². The maximum Gasteiger partial charge on any atom is 0.408 e. The summed E-state index contributed by atoms with van der Waals surface area (Å²) in [5, 5.41) is 5.71. The van der Waals surface area contributed by atoms with Crippen molar-refractivity contribution in [3.63, 3.8) is 0 Å². The molecule has 1 aromatic rings. The Balaban J connectivity index is 1.59. The molecule has 0 aromatic carbocycles. The third-order valence-electron chi connectivity index (χ3n) is 8.85. The van der Waals surface area contributed by atoms with Crippen LogP contribution in [0.25, 0.3) is 0 Å². The molecule has 10 heteroatoms. The number of nitrogens with zero attached hydrogens (tertiary/aromatic N) is 2. The zero-order valence-corrected chi connectivity index (χ0v) is 25.0. The van der Waals surface area contributed by atoms with E-state index >= 15 is 0 Å². The van der Waals surface area contributed by atoms with Gasteiger partial charge in [-0.3, -0.25) is 19.4 Å². The fourth-order valence-electron chi connectivity index (χ4n) is 6.67. The lowest BCUT2D eigenvalue weighted by atomic mass is 9.79. The number of aryl methyl sites for hydroxylation is 1. The highest BCUT2D eigenvalue weighted by Gasteiger charge is 2.70. The summed E-state index contributed by atoms with van der Waals surface area (Å²) in [6, 6.07) is -0.676. The molecule has 1 saturated carbocycles. The minimum Gasteiger partial charge on any atom is -0.444 e. The summed E-state index contributed by atoms with van der Waals surface area (Å²) in [7, 11) is 0. The Bertz CT molecular complexity index is 1180. The van der Waals surface area contributed by atoms with E-state index in [4.69, 9.17) is 10.5 Å². The molecule has 0 bridgehead atoms. The Morgan fingerprint density at radius 3 is 2.40 bits per heavy atom. The quantitative estimate of drug-likeness (QED) is 0.492. The van der Waals surface area contributed by atoms with Crippen molar-refractivity contribution in [2.75, 3.05) is 6.54 Å². The summed E-state index contributed by atoms with van der Waals surface area (Å²) in [5.41, 5.74) is 6.39. The van der Waals surface area contributed by atoms with E-state index in [1.807, 2.05) is 26.8 Å². The maximum absolute atomic E-state index is 14.0. The van der Waals surface area contributed by atoms with E-state index in [1.54, 1.807) is 38.1 Å². The first kappa shape index (κ1) is 29.8. The lowest BCUT2D eigenvalue weighted by molar-refractivity contribution is -0.144. The average Bonchev–Trinajstić information content (AvgIpc) is 3.16. The van der Waals surface area contributed by atoms with Gasteiger partial charge in [-0.1, -0.05) is 34.6 Å². The fourth-order valence-corrected chi connectivity index (χ4v) is 6.67. The summed E-state index contributed by atoms with van der Waals surface area (Å²) in [5.74, 6) is -1.56. The van der Waals surface area contributed by atoms with Gasteiger partial charge in [0.1, 0.15) is 23.7 Å². The summed E-state index contributed by atoms with van der Waals surface area (Å²) < 4.78 is 5.43. The summed E-state index contributed by atoms with van der Waals surface area (Å²) >= 11 is 0. The van der Waals surface area contributed by atoms with Crippen LogP contribution in [0.1, 0.15) is 85.3 Å². The summed E-state index contributed by atoms with van der Waals surface area (Å²) in [6.07, 6.45) is 5.25. The highest BCUT2D eigenvalue weighted by Crippen LogP contribution is 2.65. The van der Waals surface area contributed by atoms with Gasteiger partial charge in [0.25, 0.3) is 0 Å². The normalized spacial score (nSPS) is 26.6. The van der Waals surface area contributed by atoms with E-state index < -0.39 is 47.0 Å². The molecule has 4 rings (SSSR count). The Morgan fingerprint density at radius 2 is 1.80 bits per heavy atom. The van der Waals surface area contributed by atoms with E-state index in [9.17, 15) is 19.2 Å². The number of likely N-dealkylation sites (tertiary alicyclic amines) is 1. The summed E-state index contributed by atoms with van der Waals surface area (Å²) in [4.78, 5) is 59.3. The molecule has 6 atom stereocenters. The number of piperidine rings is 1. The van der Waals surface area contributed by atoms with Gasteiger partial charge in [0.2, 0.25) is 17.7 Å². The molecule has 4 N–H and O–H groups in total. The van der Waals surface area contributed by atoms with Crippen LogP contribution in [0.3, 0.4) is 0 Å². The van der Waals surface area contributed by atoms with E-state index in [0.717, 1.165) is 24.0 Å². The number of alkyl carbamates (subject to hydrolysis) is 1. The van der Waals surface area contributed by atoms with E-state index in [0.29, 0.717) is 13.0 Å². The van der Waals surface area contributed by atoms with Crippen molar-refractivity contribution in [1.29, 1.82) is 0 Å². The van der Waals surface area contributed by atoms with Crippen LogP contribution >= 0.6 is 0 Å². The van der Waals surface area contributed by atoms with Crippen molar-refractivity contribution < 1.29 is 23.9 Å². The molecular weight excluding hydrogens is 510 g/mol. The number of ether oxygens (including phenoxy) is 1. The van der Waals surface area contributed by atoms with Gasteiger partial charge < -0.3 is 26.0 Å². The van der Waals surface area contributed by atoms with Crippen LogP contribution in [0.5, 0.6) is 0 Å². The number of carbonyl (C=O) groups excluding carboxylic acids is 4. The molecule has 2 fully saturated rings. The van der Waals surface area contributed by atoms with Gasteiger partial charge in [-0.15, -0.1) is 0 Å². The van der Waals surface area contributed by atoms with Gasteiger partial charge in [-0.05, 0) is 79.9 Å². The third-order valence-corrected chi connectivity index (χ3v) is 8.85. The Labute approximate surface area is 237 Å². The molecule has 220 valence electrons. The second-order valence-corrected chi connectivity index (χ2v) is 14.3. The third kappa shape index (κ3) is 5.81. The van der Waals surface area contributed by atoms with E-state index in [-0.39, 0.29) is 29.1 Å². The molecule has 3 aliphatic rings. The van der Waals surface area contributed by atoms with Crippen LogP contribution in [0.15, 0.2) is 18.5 Å². The van der Waals surface area contributed by atoms with Crippen LogP contribution in [0.2, 0.25) is 0 Å². The van der Waals surface area contributed by atoms with Crippen molar-refractivity contribution in [3.05, 3.63) is 29.6 Å². The van der Waals surface area contributed by atoms with Gasteiger partial charge in [-0.25, -0.2) is 4.79 Å². The second-order valence-electron chi connectivity index (χ2n) is 14.3. The average molecular weight is 556 g/mol. The molecule has 40 heavy (non-hydrogen) atoms. The lowest BCUT2D eigenvalue weighted by Gasteiger charge is -2.38. The highest BCUT2D eigenvalue weighted by molar-refractivity contribution is 5.95. The number of primary amides is 1. The largest absolute Gasteiger partial charge is 0.444 e. The number of hydrogen-bond acceptors (Lipinski definition) is 6. The first-order valence-electron chi connectivity index (χ1n) is 14.3. The topological polar surface area (TPSA) is 144 Å². The van der Waals surface area contributed by atoms with E-state index in [2.05, 4.69) is 29.5 Å². The molecule has 0 spiro atoms.